The summed E-state index contributed by atoms with van der Waals surface area (Å²) in [4.78, 5) is 0. The van der Waals surface area contributed by atoms with Crippen LogP contribution in [-0.2, 0) is 6.54 Å². The van der Waals surface area contributed by atoms with Gasteiger partial charge in [0.15, 0.2) is 0 Å². The Kier molecular flexibility index (Phi) is 3.00. The Bertz CT molecular complexity index is 229. The van der Waals surface area contributed by atoms with Crippen molar-refractivity contribution in [2.45, 2.75) is 25.4 Å². The summed E-state index contributed by atoms with van der Waals surface area (Å²) in [5, 5.41) is 6.76. The van der Waals surface area contributed by atoms with Crippen molar-refractivity contribution >= 4 is 0 Å². The van der Waals surface area contributed by atoms with Gasteiger partial charge in [-0.3, -0.25) is 0 Å². The van der Waals surface area contributed by atoms with Gasteiger partial charge in [0.1, 0.15) is 5.76 Å². The van der Waals surface area contributed by atoms with Crippen LogP contribution in [0, 0.1) is 0 Å². The third kappa shape index (κ3) is 3.20. The Morgan fingerprint density at radius 2 is 2.31 bits per heavy atom. The summed E-state index contributed by atoms with van der Waals surface area (Å²) >= 11 is 0. The maximum atomic E-state index is 5.19. The SMILES string of the molecule is c1coc(CNCCNC2CC2)c1. The summed E-state index contributed by atoms with van der Waals surface area (Å²) < 4.78 is 5.19. The molecule has 3 heteroatoms. The minimum Gasteiger partial charge on any atom is -0.468 e. The normalized spacial score (nSPS) is 16.3. The zero-order chi connectivity index (χ0) is 8.93. The van der Waals surface area contributed by atoms with Crippen LogP contribution < -0.4 is 10.6 Å². The molecule has 0 unspecified atom stereocenters. The third-order valence-corrected chi connectivity index (χ3v) is 2.19. The van der Waals surface area contributed by atoms with Gasteiger partial charge in [-0.05, 0) is 25.0 Å². The van der Waals surface area contributed by atoms with Crippen molar-refractivity contribution in [3.63, 3.8) is 0 Å². The van der Waals surface area contributed by atoms with Gasteiger partial charge in [-0.1, -0.05) is 0 Å². The number of furan rings is 1. The molecule has 1 saturated carbocycles. The van der Waals surface area contributed by atoms with Crippen molar-refractivity contribution in [2.24, 2.45) is 0 Å². The van der Waals surface area contributed by atoms with E-state index in [0.29, 0.717) is 0 Å². The topological polar surface area (TPSA) is 37.2 Å². The van der Waals surface area contributed by atoms with Gasteiger partial charge in [0.2, 0.25) is 0 Å². The van der Waals surface area contributed by atoms with E-state index in [2.05, 4.69) is 10.6 Å². The van der Waals surface area contributed by atoms with E-state index in [1.165, 1.54) is 12.8 Å². The van der Waals surface area contributed by atoms with E-state index in [1.54, 1.807) is 6.26 Å². The second-order valence-electron chi connectivity index (χ2n) is 3.48. The highest BCUT2D eigenvalue weighted by molar-refractivity contribution is 4.97. The van der Waals surface area contributed by atoms with Crippen LogP contribution in [0.1, 0.15) is 18.6 Å². The van der Waals surface area contributed by atoms with Gasteiger partial charge in [0.25, 0.3) is 0 Å². The van der Waals surface area contributed by atoms with Gasteiger partial charge in [0.05, 0.1) is 12.8 Å². The molecular weight excluding hydrogens is 164 g/mol. The Balaban J connectivity index is 1.48. The van der Waals surface area contributed by atoms with Crippen LogP contribution in [0.2, 0.25) is 0 Å². The molecular formula is C10H16N2O. The first kappa shape index (κ1) is 8.78. The first-order valence-electron chi connectivity index (χ1n) is 4.91. The molecule has 1 aliphatic carbocycles. The molecule has 1 aromatic heterocycles. The van der Waals surface area contributed by atoms with Gasteiger partial charge in [-0.25, -0.2) is 0 Å². The van der Waals surface area contributed by atoms with Gasteiger partial charge < -0.3 is 15.1 Å². The van der Waals surface area contributed by atoms with Crippen LogP contribution in [0.4, 0.5) is 0 Å². The van der Waals surface area contributed by atoms with Crippen LogP contribution >= 0.6 is 0 Å². The van der Waals surface area contributed by atoms with Crippen LogP contribution in [0.3, 0.4) is 0 Å². The van der Waals surface area contributed by atoms with E-state index in [9.17, 15) is 0 Å². The summed E-state index contributed by atoms with van der Waals surface area (Å²) in [7, 11) is 0. The molecule has 0 aliphatic heterocycles. The number of hydrogen-bond donors (Lipinski definition) is 2. The minimum atomic E-state index is 0.811. The second-order valence-corrected chi connectivity index (χ2v) is 3.48. The molecule has 0 saturated heterocycles. The molecule has 0 amide bonds. The fraction of sp³-hybridized carbons (Fsp3) is 0.600. The van der Waals surface area contributed by atoms with Crippen LogP contribution in [0.15, 0.2) is 22.8 Å². The molecule has 0 spiro atoms. The van der Waals surface area contributed by atoms with Gasteiger partial charge in [-0.15, -0.1) is 0 Å². The Hall–Kier alpha value is -0.800. The number of nitrogens with one attached hydrogen (secondary N) is 2. The zero-order valence-corrected chi connectivity index (χ0v) is 7.75. The number of hydrogen-bond acceptors (Lipinski definition) is 3. The molecule has 3 nitrogen and oxygen atoms in total. The van der Waals surface area contributed by atoms with Crippen molar-refractivity contribution < 1.29 is 4.42 Å². The quantitative estimate of drug-likeness (QED) is 0.644. The van der Waals surface area contributed by atoms with Crippen molar-refractivity contribution in [3.8, 4) is 0 Å². The summed E-state index contributed by atoms with van der Waals surface area (Å²) in [5.41, 5.74) is 0. The van der Waals surface area contributed by atoms with Crippen LogP contribution in [0.5, 0.6) is 0 Å². The zero-order valence-electron chi connectivity index (χ0n) is 7.75. The standard InChI is InChI=1S/C10H16N2O/c1-2-10(13-7-1)8-11-5-6-12-9-3-4-9/h1-2,7,9,11-12H,3-6,8H2. The summed E-state index contributed by atoms with van der Waals surface area (Å²) in [6.07, 6.45) is 4.43. The molecule has 13 heavy (non-hydrogen) atoms. The maximum absolute atomic E-state index is 5.19. The van der Waals surface area contributed by atoms with Crippen molar-refractivity contribution in [2.75, 3.05) is 13.1 Å². The average Bonchev–Trinajstić information content (AvgIpc) is 2.81. The number of rotatable bonds is 6. The first-order chi connectivity index (χ1) is 6.45. The lowest BCUT2D eigenvalue weighted by Gasteiger charge is -2.03. The lowest BCUT2D eigenvalue weighted by molar-refractivity contribution is 0.480. The molecule has 72 valence electrons. The molecule has 0 radical (unpaired) electrons. The molecule has 1 fully saturated rings. The Morgan fingerprint density at radius 1 is 1.38 bits per heavy atom. The highest BCUT2D eigenvalue weighted by Gasteiger charge is 2.19. The van der Waals surface area contributed by atoms with E-state index in [-0.39, 0.29) is 0 Å². The molecule has 2 N–H and O–H groups in total. The van der Waals surface area contributed by atoms with Gasteiger partial charge >= 0.3 is 0 Å². The predicted molar refractivity (Wildman–Crippen MR) is 51.4 cm³/mol. The smallest absolute Gasteiger partial charge is 0.117 e. The van der Waals surface area contributed by atoms with E-state index in [0.717, 1.165) is 31.4 Å². The Labute approximate surface area is 78.5 Å². The van der Waals surface area contributed by atoms with E-state index >= 15 is 0 Å². The monoisotopic (exact) mass is 180 g/mol. The fourth-order valence-electron chi connectivity index (χ4n) is 1.28. The Morgan fingerprint density at radius 3 is 3.00 bits per heavy atom. The summed E-state index contributed by atoms with van der Waals surface area (Å²) in [6.45, 7) is 2.90. The highest BCUT2D eigenvalue weighted by Crippen LogP contribution is 2.17. The summed E-state index contributed by atoms with van der Waals surface area (Å²) in [5.74, 6) is 1.01. The molecule has 0 aromatic carbocycles. The maximum Gasteiger partial charge on any atom is 0.117 e. The molecule has 0 bridgehead atoms. The first-order valence-corrected chi connectivity index (χ1v) is 4.91. The van der Waals surface area contributed by atoms with E-state index < -0.39 is 0 Å². The van der Waals surface area contributed by atoms with Crippen molar-refractivity contribution in [1.29, 1.82) is 0 Å². The molecule has 2 rings (SSSR count). The molecule has 1 aliphatic rings. The van der Waals surface area contributed by atoms with Crippen molar-refractivity contribution in [3.05, 3.63) is 24.2 Å². The van der Waals surface area contributed by atoms with Gasteiger partial charge in [0, 0.05) is 19.1 Å². The average molecular weight is 180 g/mol. The van der Waals surface area contributed by atoms with Crippen LogP contribution in [-0.4, -0.2) is 19.1 Å². The van der Waals surface area contributed by atoms with E-state index in [4.69, 9.17) is 4.42 Å². The summed E-state index contributed by atoms with van der Waals surface area (Å²) in [6, 6.07) is 4.71. The third-order valence-electron chi connectivity index (χ3n) is 2.19. The largest absolute Gasteiger partial charge is 0.468 e. The second kappa shape index (κ2) is 4.44. The highest BCUT2D eigenvalue weighted by atomic mass is 16.3. The predicted octanol–water partition coefficient (Wildman–Crippen LogP) is 1.12. The lowest BCUT2D eigenvalue weighted by Crippen LogP contribution is -2.28. The van der Waals surface area contributed by atoms with Crippen LogP contribution in [0.25, 0.3) is 0 Å². The molecule has 1 heterocycles. The minimum absolute atomic E-state index is 0.811. The molecule has 0 atom stereocenters. The molecule has 1 aromatic rings. The van der Waals surface area contributed by atoms with Crippen molar-refractivity contribution in [1.82, 2.24) is 10.6 Å². The van der Waals surface area contributed by atoms with Gasteiger partial charge in [-0.2, -0.15) is 0 Å². The van der Waals surface area contributed by atoms with E-state index in [1.807, 2.05) is 12.1 Å². The fourth-order valence-corrected chi connectivity index (χ4v) is 1.28. The lowest BCUT2D eigenvalue weighted by atomic mass is 10.4.